The van der Waals surface area contributed by atoms with Crippen molar-refractivity contribution in [3.63, 3.8) is 0 Å². The second-order valence-electron chi connectivity index (χ2n) is 5.16. The van der Waals surface area contributed by atoms with Crippen LogP contribution in [0.15, 0.2) is 80.7 Å². The summed E-state index contributed by atoms with van der Waals surface area (Å²) in [7, 11) is -4.11. The standard InChI is InChI=1S/C19H18N2O4S2/c1-3-25-19(22)17(15-11-7-8-12-21-15)18(26-2)16(13-20)27(23,24)14-9-5-4-6-10-14/h4-12,21H,3H2,1-2H3/b17-15-,18-16+. The highest BCUT2D eigenvalue weighted by molar-refractivity contribution is 8.04. The lowest BCUT2D eigenvalue weighted by Gasteiger charge is -2.16. The third-order valence-electron chi connectivity index (χ3n) is 3.52. The van der Waals surface area contributed by atoms with Gasteiger partial charge < -0.3 is 10.1 Å². The van der Waals surface area contributed by atoms with Crippen molar-refractivity contribution < 1.29 is 17.9 Å². The molecule has 1 aliphatic heterocycles. The van der Waals surface area contributed by atoms with Crippen LogP contribution in [0.4, 0.5) is 0 Å². The highest BCUT2D eigenvalue weighted by atomic mass is 32.2. The Labute approximate surface area is 162 Å². The predicted molar refractivity (Wildman–Crippen MR) is 105 cm³/mol. The van der Waals surface area contributed by atoms with E-state index in [4.69, 9.17) is 4.74 Å². The van der Waals surface area contributed by atoms with Crippen molar-refractivity contribution in [1.29, 1.82) is 5.26 Å². The molecule has 0 fully saturated rings. The number of thioether (sulfide) groups is 1. The molecular weight excluding hydrogens is 384 g/mol. The third-order valence-corrected chi connectivity index (χ3v) is 6.19. The summed E-state index contributed by atoms with van der Waals surface area (Å²) in [4.78, 5) is 12.1. The van der Waals surface area contributed by atoms with Crippen molar-refractivity contribution in [3.05, 3.63) is 75.8 Å². The molecule has 1 aliphatic rings. The quantitative estimate of drug-likeness (QED) is 0.444. The van der Waals surface area contributed by atoms with E-state index in [2.05, 4.69) is 5.32 Å². The Balaban J connectivity index is 2.77. The molecule has 0 amide bonds. The number of nitriles is 1. The van der Waals surface area contributed by atoms with Crippen LogP contribution in [0.1, 0.15) is 6.92 Å². The minimum atomic E-state index is -4.11. The van der Waals surface area contributed by atoms with Gasteiger partial charge >= 0.3 is 5.97 Å². The van der Waals surface area contributed by atoms with Gasteiger partial charge in [-0.15, -0.1) is 11.8 Å². The largest absolute Gasteiger partial charge is 0.462 e. The number of ether oxygens (including phenoxy) is 1. The lowest BCUT2D eigenvalue weighted by Crippen LogP contribution is -2.19. The summed E-state index contributed by atoms with van der Waals surface area (Å²) >= 11 is 1.00. The number of nitrogens with one attached hydrogen (secondary N) is 1. The van der Waals surface area contributed by atoms with E-state index in [1.807, 2.05) is 0 Å². The van der Waals surface area contributed by atoms with E-state index in [0.29, 0.717) is 5.70 Å². The maximum absolute atomic E-state index is 13.0. The van der Waals surface area contributed by atoms with Crippen molar-refractivity contribution >= 4 is 27.6 Å². The molecule has 0 saturated carbocycles. The highest BCUT2D eigenvalue weighted by Crippen LogP contribution is 2.34. The Morgan fingerprint density at radius 1 is 1.26 bits per heavy atom. The van der Waals surface area contributed by atoms with Crippen molar-refractivity contribution in [2.24, 2.45) is 0 Å². The zero-order chi connectivity index (χ0) is 19.9. The molecule has 140 valence electrons. The fourth-order valence-electron chi connectivity index (χ4n) is 2.34. The van der Waals surface area contributed by atoms with Gasteiger partial charge in [-0.2, -0.15) is 5.26 Å². The van der Waals surface area contributed by atoms with E-state index in [1.165, 1.54) is 12.1 Å². The Hall–Kier alpha value is -2.76. The second kappa shape index (κ2) is 9.26. The highest BCUT2D eigenvalue weighted by Gasteiger charge is 2.30. The van der Waals surface area contributed by atoms with Crippen molar-refractivity contribution in [1.82, 2.24) is 5.32 Å². The number of dihydropyridines is 1. The zero-order valence-electron chi connectivity index (χ0n) is 14.8. The maximum Gasteiger partial charge on any atom is 0.341 e. The number of hydrogen-bond donors (Lipinski definition) is 1. The molecule has 1 heterocycles. The van der Waals surface area contributed by atoms with E-state index < -0.39 is 20.7 Å². The normalized spacial score (nSPS) is 16.0. The first kappa shape index (κ1) is 20.6. The van der Waals surface area contributed by atoms with Crippen molar-refractivity contribution in [3.8, 4) is 6.07 Å². The van der Waals surface area contributed by atoms with E-state index >= 15 is 0 Å². The number of sulfone groups is 1. The van der Waals surface area contributed by atoms with Crippen LogP contribution in [0.25, 0.3) is 0 Å². The SMILES string of the molecule is CCOC(=O)C(=C1/C=CC=CN1)/C(SC)=C(/C#N)S(=O)(=O)c1ccccc1. The molecule has 2 rings (SSSR count). The van der Waals surface area contributed by atoms with Gasteiger partial charge in [-0.25, -0.2) is 13.2 Å². The molecule has 0 aliphatic carbocycles. The molecule has 1 aromatic carbocycles. The molecule has 0 bridgehead atoms. The number of hydrogen-bond acceptors (Lipinski definition) is 7. The van der Waals surface area contributed by atoms with E-state index in [-0.39, 0.29) is 22.0 Å². The van der Waals surface area contributed by atoms with Gasteiger partial charge in [0.1, 0.15) is 6.07 Å². The molecule has 1 aromatic rings. The molecule has 0 saturated heterocycles. The first-order valence-electron chi connectivity index (χ1n) is 7.97. The lowest BCUT2D eigenvalue weighted by molar-refractivity contribution is -0.138. The number of carbonyl (C=O) groups is 1. The Morgan fingerprint density at radius 3 is 2.48 bits per heavy atom. The summed E-state index contributed by atoms with van der Waals surface area (Å²) in [6.45, 7) is 1.77. The van der Waals surface area contributed by atoms with Gasteiger partial charge in [-0.3, -0.25) is 0 Å². The smallest absolute Gasteiger partial charge is 0.341 e. The Kier molecular flexibility index (Phi) is 7.05. The number of rotatable bonds is 6. The maximum atomic E-state index is 13.0. The van der Waals surface area contributed by atoms with Gasteiger partial charge in [0, 0.05) is 6.20 Å². The topological polar surface area (TPSA) is 96.3 Å². The minimum absolute atomic E-state index is 0.000932. The molecule has 0 spiro atoms. The first-order valence-corrected chi connectivity index (χ1v) is 10.7. The number of nitrogens with zero attached hydrogens (tertiary/aromatic N) is 1. The van der Waals surface area contributed by atoms with Gasteiger partial charge in [0.25, 0.3) is 0 Å². The van der Waals surface area contributed by atoms with Gasteiger partial charge in [0.15, 0.2) is 4.91 Å². The fourth-order valence-corrected chi connectivity index (χ4v) is 4.76. The summed E-state index contributed by atoms with van der Waals surface area (Å²) in [6.07, 6.45) is 8.24. The molecular formula is C19H18N2O4S2. The van der Waals surface area contributed by atoms with Crippen LogP contribution >= 0.6 is 11.8 Å². The van der Waals surface area contributed by atoms with Crippen LogP contribution in [-0.2, 0) is 19.4 Å². The van der Waals surface area contributed by atoms with Crippen LogP contribution in [0.2, 0.25) is 0 Å². The van der Waals surface area contributed by atoms with Crippen LogP contribution in [-0.4, -0.2) is 27.2 Å². The molecule has 8 heteroatoms. The molecule has 0 atom stereocenters. The summed E-state index contributed by atoms with van der Waals surface area (Å²) in [6, 6.07) is 9.40. The van der Waals surface area contributed by atoms with E-state index in [9.17, 15) is 18.5 Å². The predicted octanol–water partition coefficient (Wildman–Crippen LogP) is 3.05. The Bertz CT molecular complexity index is 982. The molecule has 0 unspecified atom stereocenters. The lowest BCUT2D eigenvalue weighted by atomic mass is 10.1. The zero-order valence-corrected chi connectivity index (χ0v) is 16.4. The van der Waals surface area contributed by atoms with Crippen molar-refractivity contribution in [2.75, 3.05) is 12.9 Å². The number of esters is 1. The average molecular weight is 402 g/mol. The minimum Gasteiger partial charge on any atom is -0.462 e. The second-order valence-corrected chi connectivity index (χ2v) is 7.87. The summed E-state index contributed by atoms with van der Waals surface area (Å²) in [5.41, 5.74) is 0.359. The van der Waals surface area contributed by atoms with Crippen LogP contribution in [0.5, 0.6) is 0 Å². The van der Waals surface area contributed by atoms with E-state index in [0.717, 1.165) is 11.8 Å². The Morgan fingerprint density at radius 2 is 1.96 bits per heavy atom. The van der Waals surface area contributed by atoms with Crippen LogP contribution in [0, 0.1) is 11.3 Å². The average Bonchev–Trinajstić information content (AvgIpc) is 2.69. The summed E-state index contributed by atoms with van der Waals surface area (Å²) < 4.78 is 31.1. The van der Waals surface area contributed by atoms with Gasteiger partial charge in [0.2, 0.25) is 9.84 Å². The molecule has 0 radical (unpaired) electrons. The van der Waals surface area contributed by atoms with Gasteiger partial charge in [-0.1, -0.05) is 24.3 Å². The number of benzene rings is 1. The third kappa shape index (κ3) is 4.51. The number of allylic oxidation sites excluding steroid dienone is 4. The molecule has 0 aromatic heterocycles. The van der Waals surface area contributed by atoms with Crippen molar-refractivity contribution in [2.45, 2.75) is 11.8 Å². The summed E-state index contributed by atoms with van der Waals surface area (Å²) in [5.74, 6) is -0.708. The fraction of sp³-hybridized carbons (Fsp3) is 0.158. The van der Waals surface area contributed by atoms with Crippen LogP contribution in [0.3, 0.4) is 0 Å². The molecule has 6 nitrogen and oxygen atoms in total. The summed E-state index contributed by atoms with van der Waals surface area (Å²) in [5, 5.41) is 12.6. The van der Waals surface area contributed by atoms with Crippen LogP contribution < -0.4 is 5.32 Å². The van der Waals surface area contributed by atoms with Gasteiger partial charge in [0.05, 0.1) is 27.7 Å². The number of carbonyl (C=O) groups excluding carboxylic acids is 1. The van der Waals surface area contributed by atoms with Gasteiger partial charge in [-0.05, 0) is 37.5 Å². The monoisotopic (exact) mass is 402 g/mol. The molecule has 27 heavy (non-hydrogen) atoms. The van der Waals surface area contributed by atoms with E-state index in [1.54, 1.807) is 61.9 Å². The molecule has 1 N–H and O–H groups in total. The first-order chi connectivity index (χ1) is 13.0.